The summed E-state index contributed by atoms with van der Waals surface area (Å²) in [5.41, 5.74) is 2.63. The summed E-state index contributed by atoms with van der Waals surface area (Å²) in [6.45, 7) is 2.59. The average molecular weight is 155 g/mol. The highest BCUT2D eigenvalue weighted by atomic mass is 19.1. The molecule has 0 saturated carbocycles. The maximum absolute atomic E-state index is 12.5. The molecule has 0 atom stereocenters. The van der Waals surface area contributed by atoms with Gasteiger partial charge in [-0.1, -0.05) is 6.07 Å². The van der Waals surface area contributed by atoms with Crippen molar-refractivity contribution in [2.75, 3.05) is 6.54 Å². The molecule has 3 heteroatoms. The Bertz CT molecular complexity index is 227. The average Bonchev–Trinajstić information content (AvgIpc) is 2.01. The third-order valence-electron chi connectivity index (χ3n) is 1.13. The Kier molecular flexibility index (Phi) is 2.86. The Balaban J connectivity index is 2.56. The summed E-state index contributed by atoms with van der Waals surface area (Å²) < 4.78 is 12.5. The van der Waals surface area contributed by atoms with E-state index in [1.54, 1.807) is 12.1 Å². The van der Waals surface area contributed by atoms with E-state index >= 15 is 0 Å². The molecule has 0 radical (unpaired) electrons. The second-order valence-corrected chi connectivity index (χ2v) is 2.06. The van der Waals surface area contributed by atoms with E-state index in [1.807, 2.05) is 6.92 Å². The Morgan fingerprint density at radius 2 is 2.36 bits per heavy atom. The van der Waals surface area contributed by atoms with Gasteiger partial charge in [-0.05, 0) is 19.1 Å². The van der Waals surface area contributed by atoms with Gasteiger partial charge in [0, 0.05) is 12.6 Å². The molecule has 11 heavy (non-hydrogen) atoms. The molecule has 0 saturated heterocycles. The van der Waals surface area contributed by atoms with Gasteiger partial charge in [0.2, 0.25) is 0 Å². The molecule has 0 aromatic heterocycles. The summed E-state index contributed by atoms with van der Waals surface area (Å²) >= 11 is 0. The molecule has 0 aliphatic carbocycles. The van der Waals surface area contributed by atoms with E-state index in [1.165, 1.54) is 12.1 Å². The van der Waals surface area contributed by atoms with Crippen LogP contribution in [0.1, 0.15) is 6.92 Å². The van der Waals surface area contributed by atoms with Gasteiger partial charge in [-0.15, -0.1) is 0 Å². The first-order valence-corrected chi connectivity index (χ1v) is 3.48. The molecule has 0 spiro atoms. The highest BCUT2D eigenvalue weighted by Crippen LogP contribution is 2.10. The summed E-state index contributed by atoms with van der Waals surface area (Å²) in [7, 11) is 0. The molecular formula is C8H10FNO. The lowest BCUT2D eigenvalue weighted by Crippen LogP contribution is -2.17. The molecular weight excluding hydrogens is 145 g/mol. The van der Waals surface area contributed by atoms with Gasteiger partial charge >= 0.3 is 0 Å². The van der Waals surface area contributed by atoms with Crippen molar-refractivity contribution >= 4 is 0 Å². The molecule has 1 N–H and O–H groups in total. The lowest BCUT2D eigenvalue weighted by atomic mass is 10.3. The normalized spacial score (nSPS) is 9.64. The van der Waals surface area contributed by atoms with Gasteiger partial charge in [0.15, 0.2) is 0 Å². The second kappa shape index (κ2) is 3.93. The standard InChI is InChI=1S/C8H10FNO/c1-2-10-11-8-5-3-4-7(9)6-8/h3-6,10H,2H2,1H3. The van der Waals surface area contributed by atoms with E-state index in [0.29, 0.717) is 12.3 Å². The van der Waals surface area contributed by atoms with Gasteiger partial charge < -0.3 is 4.84 Å². The van der Waals surface area contributed by atoms with Crippen molar-refractivity contribution in [3.63, 3.8) is 0 Å². The lowest BCUT2D eigenvalue weighted by molar-refractivity contribution is 0.201. The predicted molar refractivity (Wildman–Crippen MR) is 40.7 cm³/mol. The van der Waals surface area contributed by atoms with Crippen LogP contribution < -0.4 is 10.3 Å². The fraction of sp³-hybridized carbons (Fsp3) is 0.250. The summed E-state index contributed by atoms with van der Waals surface area (Å²) in [5, 5.41) is 0. The highest BCUT2D eigenvalue weighted by Gasteiger charge is 1.93. The third-order valence-corrected chi connectivity index (χ3v) is 1.13. The molecule has 60 valence electrons. The quantitative estimate of drug-likeness (QED) is 0.671. The van der Waals surface area contributed by atoms with Crippen molar-refractivity contribution < 1.29 is 9.23 Å². The molecule has 0 aliphatic rings. The number of hydrogen-bond acceptors (Lipinski definition) is 2. The smallest absolute Gasteiger partial charge is 0.150 e. The molecule has 1 rings (SSSR count). The minimum atomic E-state index is -0.291. The zero-order valence-corrected chi connectivity index (χ0v) is 6.30. The molecule has 0 aliphatic heterocycles. The van der Waals surface area contributed by atoms with Gasteiger partial charge in [-0.25, -0.2) is 4.39 Å². The van der Waals surface area contributed by atoms with Crippen LogP contribution in [0.5, 0.6) is 5.75 Å². The highest BCUT2D eigenvalue weighted by molar-refractivity contribution is 5.21. The number of nitrogens with one attached hydrogen (secondary N) is 1. The van der Waals surface area contributed by atoms with Gasteiger partial charge in [-0.3, -0.25) is 0 Å². The van der Waals surface area contributed by atoms with Crippen LogP contribution in [0, 0.1) is 5.82 Å². The van der Waals surface area contributed by atoms with Crippen molar-refractivity contribution in [2.24, 2.45) is 0 Å². The van der Waals surface area contributed by atoms with Crippen molar-refractivity contribution in [3.8, 4) is 5.75 Å². The van der Waals surface area contributed by atoms with Crippen LogP contribution in [0.3, 0.4) is 0 Å². The van der Waals surface area contributed by atoms with E-state index in [0.717, 1.165) is 0 Å². The largest absolute Gasteiger partial charge is 0.409 e. The van der Waals surface area contributed by atoms with E-state index in [2.05, 4.69) is 5.48 Å². The Hall–Kier alpha value is -1.09. The number of halogens is 1. The van der Waals surface area contributed by atoms with Crippen molar-refractivity contribution in [1.29, 1.82) is 0 Å². The Labute approximate surface area is 64.9 Å². The number of hydrogen-bond donors (Lipinski definition) is 1. The maximum Gasteiger partial charge on any atom is 0.150 e. The molecule has 0 fully saturated rings. The van der Waals surface area contributed by atoms with E-state index < -0.39 is 0 Å². The predicted octanol–water partition coefficient (Wildman–Crippen LogP) is 1.73. The molecule has 0 unspecified atom stereocenters. The zero-order chi connectivity index (χ0) is 8.10. The van der Waals surface area contributed by atoms with E-state index in [9.17, 15) is 4.39 Å². The summed E-state index contributed by atoms with van der Waals surface area (Å²) in [6.07, 6.45) is 0. The molecule has 0 bridgehead atoms. The van der Waals surface area contributed by atoms with Crippen LogP contribution >= 0.6 is 0 Å². The van der Waals surface area contributed by atoms with Gasteiger partial charge in [-0.2, -0.15) is 5.48 Å². The molecule has 1 aromatic carbocycles. The lowest BCUT2D eigenvalue weighted by Gasteiger charge is -2.03. The van der Waals surface area contributed by atoms with Crippen LogP contribution in [-0.2, 0) is 0 Å². The molecule has 0 heterocycles. The first-order chi connectivity index (χ1) is 5.33. The van der Waals surface area contributed by atoms with Crippen molar-refractivity contribution in [1.82, 2.24) is 5.48 Å². The Morgan fingerprint density at radius 1 is 1.55 bits per heavy atom. The van der Waals surface area contributed by atoms with Gasteiger partial charge in [0.05, 0.1) is 0 Å². The number of rotatable bonds is 3. The number of benzene rings is 1. The van der Waals surface area contributed by atoms with Gasteiger partial charge in [0.25, 0.3) is 0 Å². The molecule has 1 aromatic rings. The minimum absolute atomic E-state index is 0.291. The molecule has 0 amide bonds. The fourth-order valence-electron chi connectivity index (χ4n) is 0.686. The Morgan fingerprint density at radius 3 is 3.00 bits per heavy atom. The van der Waals surface area contributed by atoms with Crippen LogP contribution in [0.2, 0.25) is 0 Å². The van der Waals surface area contributed by atoms with Crippen LogP contribution in [0.4, 0.5) is 4.39 Å². The van der Waals surface area contributed by atoms with Gasteiger partial charge in [0.1, 0.15) is 11.6 Å². The van der Waals surface area contributed by atoms with Crippen molar-refractivity contribution in [3.05, 3.63) is 30.1 Å². The van der Waals surface area contributed by atoms with E-state index in [-0.39, 0.29) is 5.82 Å². The van der Waals surface area contributed by atoms with Crippen molar-refractivity contribution in [2.45, 2.75) is 6.92 Å². The van der Waals surface area contributed by atoms with E-state index in [4.69, 9.17) is 4.84 Å². The first-order valence-electron chi connectivity index (χ1n) is 3.48. The monoisotopic (exact) mass is 155 g/mol. The summed E-state index contributed by atoms with van der Waals surface area (Å²) in [6, 6.07) is 5.98. The van der Waals surface area contributed by atoms with Crippen LogP contribution in [-0.4, -0.2) is 6.54 Å². The third kappa shape index (κ3) is 2.55. The zero-order valence-electron chi connectivity index (χ0n) is 6.30. The van der Waals surface area contributed by atoms with Crippen LogP contribution in [0.15, 0.2) is 24.3 Å². The summed E-state index contributed by atoms with van der Waals surface area (Å²) in [4.78, 5) is 4.95. The SMILES string of the molecule is CCNOc1cccc(F)c1. The maximum atomic E-state index is 12.5. The second-order valence-electron chi connectivity index (χ2n) is 2.06. The topological polar surface area (TPSA) is 21.3 Å². The molecule has 2 nitrogen and oxygen atoms in total. The minimum Gasteiger partial charge on any atom is -0.409 e. The van der Waals surface area contributed by atoms with Crippen LogP contribution in [0.25, 0.3) is 0 Å². The first kappa shape index (κ1) is 8.01. The summed E-state index contributed by atoms with van der Waals surface area (Å²) in [5.74, 6) is 0.201. The fourth-order valence-corrected chi connectivity index (χ4v) is 0.686. The number of hydroxylamine groups is 1.